The van der Waals surface area contributed by atoms with Crippen molar-refractivity contribution in [1.29, 1.82) is 0 Å². The van der Waals surface area contributed by atoms with Crippen LogP contribution in [-0.2, 0) is 0 Å². The molecule has 0 aliphatic rings. The molecule has 0 saturated heterocycles. The molecule has 0 atom stereocenters. The van der Waals surface area contributed by atoms with Gasteiger partial charge in [0.05, 0.1) is 0 Å². The monoisotopic (exact) mass is 470 g/mol. The predicted octanol–water partition coefficient (Wildman–Crippen LogP) is 6.87. The standard InChI is InChI=1S/C27H19I/c28-26-19-15-22(16-20-26)12-11-21-13-17-25(18-14-21)27(23-7-3-1-4-8-23)24-9-5-2-6-10-24/h1-10,13-20,27H. The Hall–Kier alpha value is -2.83. The maximum absolute atomic E-state index is 3.27. The van der Waals surface area contributed by atoms with Crippen molar-refractivity contribution in [3.63, 3.8) is 0 Å². The minimum Gasteiger partial charge on any atom is -0.0622 e. The fraction of sp³-hybridized carbons (Fsp3) is 0.0370. The summed E-state index contributed by atoms with van der Waals surface area (Å²) in [6.07, 6.45) is 0. The van der Waals surface area contributed by atoms with E-state index >= 15 is 0 Å². The van der Waals surface area contributed by atoms with Gasteiger partial charge in [0.2, 0.25) is 0 Å². The molecule has 0 saturated carbocycles. The van der Waals surface area contributed by atoms with Gasteiger partial charge in [-0.15, -0.1) is 0 Å². The van der Waals surface area contributed by atoms with E-state index in [0.717, 1.165) is 11.1 Å². The number of hydrogen-bond donors (Lipinski definition) is 0. The molecule has 0 radical (unpaired) electrons. The molecule has 0 amide bonds. The van der Waals surface area contributed by atoms with E-state index in [0.29, 0.717) is 0 Å². The molecule has 28 heavy (non-hydrogen) atoms. The molecule has 0 aromatic heterocycles. The van der Waals surface area contributed by atoms with Gasteiger partial charge in [0.15, 0.2) is 0 Å². The summed E-state index contributed by atoms with van der Waals surface area (Å²) < 4.78 is 1.22. The van der Waals surface area contributed by atoms with E-state index in [1.54, 1.807) is 0 Å². The van der Waals surface area contributed by atoms with Gasteiger partial charge in [0.25, 0.3) is 0 Å². The smallest absolute Gasteiger partial charge is 0.0340 e. The highest BCUT2D eigenvalue weighted by molar-refractivity contribution is 14.1. The first-order chi connectivity index (χ1) is 13.8. The predicted molar refractivity (Wildman–Crippen MR) is 125 cm³/mol. The van der Waals surface area contributed by atoms with Gasteiger partial charge in [0.1, 0.15) is 0 Å². The molecule has 134 valence electrons. The molecule has 0 aliphatic heterocycles. The van der Waals surface area contributed by atoms with Gasteiger partial charge in [-0.05, 0) is 75.7 Å². The molecule has 0 aliphatic carbocycles. The topological polar surface area (TPSA) is 0 Å². The largest absolute Gasteiger partial charge is 0.0622 e. The lowest BCUT2D eigenvalue weighted by Gasteiger charge is -2.19. The summed E-state index contributed by atoms with van der Waals surface area (Å²) >= 11 is 2.31. The first kappa shape index (κ1) is 18.5. The van der Waals surface area contributed by atoms with Crippen molar-refractivity contribution in [3.8, 4) is 11.8 Å². The third-order valence-corrected chi connectivity index (χ3v) is 5.42. The Morgan fingerprint density at radius 3 is 1.32 bits per heavy atom. The van der Waals surface area contributed by atoms with Crippen LogP contribution in [0.15, 0.2) is 109 Å². The van der Waals surface area contributed by atoms with Crippen molar-refractivity contribution in [2.24, 2.45) is 0 Å². The highest BCUT2D eigenvalue weighted by atomic mass is 127. The Balaban J connectivity index is 1.65. The maximum Gasteiger partial charge on any atom is 0.0340 e. The van der Waals surface area contributed by atoms with Crippen LogP contribution < -0.4 is 0 Å². The molecule has 0 spiro atoms. The second-order valence-corrected chi connectivity index (χ2v) is 7.88. The first-order valence-corrected chi connectivity index (χ1v) is 10.3. The normalized spacial score (nSPS) is 10.4. The number of rotatable bonds is 3. The van der Waals surface area contributed by atoms with Crippen molar-refractivity contribution in [2.75, 3.05) is 0 Å². The van der Waals surface area contributed by atoms with Gasteiger partial charge in [-0.3, -0.25) is 0 Å². The summed E-state index contributed by atoms with van der Waals surface area (Å²) in [6.45, 7) is 0. The van der Waals surface area contributed by atoms with E-state index in [1.807, 2.05) is 0 Å². The van der Waals surface area contributed by atoms with Crippen LogP contribution in [0.5, 0.6) is 0 Å². The zero-order chi connectivity index (χ0) is 19.2. The van der Waals surface area contributed by atoms with Crippen LogP contribution in [0, 0.1) is 15.4 Å². The third kappa shape index (κ3) is 4.52. The Morgan fingerprint density at radius 1 is 0.464 bits per heavy atom. The fourth-order valence-corrected chi connectivity index (χ4v) is 3.66. The van der Waals surface area contributed by atoms with Crippen molar-refractivity contribution in [2.45, 2.75) is 5.92 Å². The highest BCUT2D eigenvalue weighted by Crippen LogP contribution is 2.31. The van der Waals surface area contributed by atoms with Crippen molar-refractivity contribution in [1.82, 2.24) is 0 Å². The van der Waals surface area contributed by atoms with Crippen molar-refractivity contribution in [3.05, 3.63) is 141 Å². The van der Waals surface area contributed by atoms with Crippen LogP contribution in [0.4, 0.5) is 0 Å². The molecule has 0 N–H and O–H groups in total. The summed E-state index contributed by atoms with van der Waals surface area (Å²) in [5, 5.41) is 0. The van der Waals surface area contributed by atoms with E-state index in [-0.39, 0.29) is 5.92 Å². The number of hydrogen-bond acceptors (Lipinski definition) is 0. The van der Waals surface area contributed by atoms with Crippen molar-refractivity contribution >= 4 is 22.6 Å². The molecule has 4 aromatic carbocycles. The highest BCUT2D eigenvalue weighted by Gasteiger charge is 2.15. The lowest BCUT2D eigenvalue weighted by Crippen LogP contribution is -2.03. The SMILES string of the molecule is Ic1ccc(C#Cc2ccc(C(c3ccccc3)c3ccccc3)cc2)cc1. The molecule has 0 heterocycles. The average molecular weight is 470 g/mol. The van der Waals surface area contributed by atoms with Gasteiger partial charge in [-0.1, -0.05) is 84.6 Å². The van der Waals surface area contributed by atoms with Crippen LogP contribution in [0.3, 0.4) is 0 Å². The maximum atomic E-state index is 3.27. The van der Waals surface area contributed by atoms with Gasteiger partial charge < -0.3 is 0 Å². The summed E-state index contributed by atoms with van der Waals surface area (Å²) in [7, 11) is 0. The Morgan fingerprint density at radius 2 is 0.857 bits per heavy atom. The van der Waals surface area contributed by atoms with E-state index in [9.17, 15) is 0 Å². The molecule has 0 fully saturated rings. The second kappa shape index (κ2) is 8.91. The van der Waals surface area contributed by atoms with E-state index in [1.165, 1.54) is 20.3 Å². The molecule has 0 bridgehead atoms. The number of benzene rings is 4. The Bertz CT molecular complexity index is 1040. The summed E-state index contributed by atoms with van der Waals surface area (Å²) in [5.41, 5.74) is 5.94. The lowest BCUT2D eigenvalue weighted by atomic mass is 9.85. The number of halogens is 1. The fourth-order valence-electron chi connectivity index (χ4n) is 3.30. The van der Waals surface area contributed by atoms with E-state index in [2.05, 4.69) is 144 Å². The Kier molecular flexibility index (Phi) is 5.89. The van der Waals surface area contributed by atoms with Gasteiger partial charge in [0, 0.05) is 20.6 Å². The molecule has 4 aromatic rings. The second-order valence-electron chi connectivity index (χ2n) is 6.63. The van der Waals surface area contributed by atoms with E-state index in [4.69, 9.17) is 0 Å². The lowest BCUT2D eigenvalue weighted by molar-refractivity contribution is 0.977. The van der Waals surface area contributed by atoms with Crippen LogP contribution >= 0.6 is 22.6 Å². The quantitative estimate of drug-likeness (QED) is 0.174. The van der Waals surface area contributed by atoms with Gasteiger partial charge in [-0.2, -0.15) is 0 Å². The molecule has 4 rings (SSSR count). The van der Waals surface area contributed by atoms with E-state index < -0.39 is 0 Å². The molecule has 1 heteroatoms. The summed E-state index contributed by atoms with van der Waals surface area (Å²) in [5.74, 6) is 6.74. The summed E-state index contributed by atoms with van der Waals surface area (Å²) in [4.78, 5) is 0. The molecular formula is C27H19I. The molecule has 0 unspecified atom stereocenters. The zero-order valence-electron chi connectivity index (χ0n) is 15.3. The molecule has 0 nitrogen and oxygen atoms in total. The van der Waals surface area contributed by atoms with Crippen LogP contribution in [0.25, 0.3) is 0 Å². The van der Waals surface area contributed by atoms with Crippen LogP contribution in [-0.4, -0.2) is 0 Å². The zero-order valence-corrected chi connectivity index (χ0v) is 17.5. The van der Waals surface area contributed by atoms with Crippen molar-refractivity contribution < 1.29 is 0 Å². The van der Waals surface area contributed by atoms with Gasteiger partial charge >= 0.3 is 0 Å². The minimum absolute atomic E-state index is 0.223. The minimum atomic E-state index is 0.223. The Labute approximate surface area is 180 Å². The molecular weight excluding hydrogens is 451 g/mol. The average Bonchev–Trinajstić information content (AvgIpc) is 2.76. The van der Waals surface area contributed by atoms with Gasteiger partial charge in [-0.25, -0.2) is 0 Å². The third-order valence-electron chi connectivity index (χ3n) is 4.71. The summed E-state index contributed by atoms with van der Waals surface area (Å²) in [6, 6.07) is 38.2. The first-order valence-electron chi connectivity index (χ1n) is 9.27. The van der Waals surface area contributed by atoms with Crippen LogP contribution in [0.1, 0.15) is 33.7 Å². The van der Waals surface area contributed by atoms with Crippen LogP contribution in [0.2, 0.25) is 0 Å².